The summed E-state index contributed by atoms with van der Waals surface area (Å²) in [5, 5.41) is 6.20. The number of aromatic nitrogens is 3. The number of benzene rings is 1. The lowest BCUT2D eigenvalue weighted by molar-refractivity contribution is 0.479. The monoisotopic (exact) mass is 268 g/mol. The first kappa shape index (κ1) is 12.5. The Labute approximate surface area is 117 Å². The fourth-order valence-corrected chi connectivity index (χ4v) is 2.29. The van der Waals surface area contributed by atoms with Gasteiger partial charge in [-0.25, -0.2) is 0 Å². The second kappa shape index (κ2) is 4.52. The van der Waals surface area contributed by atoms with Crippen LogP contribution in [-0.4, -0.2) is 14.8 Å². The van der Waals surface area contributed by atoms with Gasteiger partial charge in [-0.1, -0.05) is 0 Å². The van der Waals surface area contributed by atoms with Crippen LogP contribution in [0.4, 0.5) is 5.69 Å². The van der Waals surface area contributed by atoms with Crippen molar-refractivity contribution in [3.63, 3.8) is 0 Å². The molecule has 0 atom stereocenters. The van der Waals surface area contributed by atoms with Crippen LogP contribution in [0.15, 0.2) is 30.6 Å². The van der Waals surface area contributed by atoms with Crippen LogP contribution in [0.1, 0.15) is 11.4 Å². The zero-order valence-corrected chi connectivity index (χ0v) is 11.7. The fourth-order valence-electron chi connectivity index (χ4n) is 2.29. The number of nitrogens with zero attached hydrogens (tertiary/aromatic N) is 3. The largest absolute Gasteiger partial charge is 0.453 e. The molecule has 2 heterocycles. The van der Waals surface area contributed by atoms with Crippen molar-refractivity contribution in [1.29, 1.82) is 0 Å². The van der Waals surface area contributed by atoms with E-state index in [0.717, 1.165) is 33.7 Å². The number of ether oxygens (including phenoxy) is 1. The molecule has 0 saturated carbocycles. The van der Waals surface area contributed by atoms with Gasteiger partial charge in [0.25, 0.3) is 0 Å². The highest BCUT2D eigenvalue weighted by atomic mass is 16.5. The van der Waals surface area contributed by atoms with E-state index in [4.69, 9.17) is 10.5 Å². The Morgan fingerprint density at radius 1 is 1.15 bits per heavy atom. The van der Waals surface area contributed by atoms with Crippen LogP contribution < -0.4 is 10.5 Å². The van der Waals surface area contributed by atoms with Crippen molar-refractivity contribution in [2.75, 3.05) is 5.73 Å². The van der Waals surface area contributed by atoms with Crippen LogP contribution in [0.2, 0.25) is 0 Å². The van der Waals surface area contributed by atoms with Crippen LogP contribution in [0.5, 0.6) is 11.5 Å². The molecule has 20 heavy (non-hydrogen) atoms. The molecule has 0 aliphatic carbocycles. The fraction of sp³-hybridized carbons (Fsp3) is 0.200. The molecule has 2 N–H and O–H groups in total. The average molecular weight is 268 g/mol. The highest BCUT2D eigenvalue weighted by Crippen LogP contribution is 2.34. The predicted octanol–water partition coefficient (Wildman–Crippen LogP) is 2.96. The van der Waals surface area contributed by atoms with Crippen LogP contribution in [0.25, 0.3) is 10.8 Å². The number of hydrogen-bond donors (Lipinski definition) is 1. The summed E-state index contributed by atoms with van der Waals surface area (Å²) in [7, 11) is 1.90. The molecule has 0 aliphatic rings. The molecule has 0 spiro atoms. The number of rotatable bonds is 2. The quantitative estimate of drug-likeness (QED) is 0.726. The van der Waals surface area contributed by atoms with Gasteiger partial charge < -0.3 is 10.5 Å². The van der Waals surface area contributed by atoms with E-state index in [9.17, 15) is 0 Å². The molecule has 0 unspecified atom stereocenters. The van der Waals surface area contributed by atoms with E-state index in [-0.39, 0.29) is 0 Å². The van der Waals surface area contributed by atoms with Gasteiger partial charge in [-0.2, -0.15) is 5.10 Å². The number of fused-ring (bicyclic) bond motifs is 1. The maximum Gasteiger partial charge on any atom is 0.171 e. The minimum Gasteiger partial charge on any atom is -0.453 e. The normalized spacial score (nSPS) is 10.9. The standard InChI is InChI=1S/C15H16N4O/c1-9-15(10(2)19(3)18-9)20-14-5-4-13(16)12-8-17-7-6-11(12)14/h4-8H,16H2,1-3H3. The molecule has 0 amide bonds. The summed E-state index contributed by atoms with van der Waals surface area (Å²) in [5.74, 6) is 1.55. The van der Waals surface area contributed by atoms with E-state index in [2.05, 4.69) is 10.1 Å². The van der Waals surface area contributed by atoms with Gasteiger partial charge in [-0.3, -0.25) is 9.67 Å². The van der Waals surface area contributed by atoms with E-state index in [1.807, 2.05) is 43.8 Å². The molecule has 0 saturated heterocycles. The van der Waals surface area contributed by atoms with E-state index < -0.39 is 0 Å². The van der Waals surface area contributed by atoms with Crippen LogP contribution in [-0.2, 0) is 7.05 Å². The highest BCUT2D eigenvalue weighted by molar-refractivity contribution is 5.96. The zero-order valence-electron chi connectivity index (χ0n) is 11.7. The van der Waals surface area contributed by atoms with E-state index >= 15 is 0 Å². The van der Waals surface area contributed by atoms with E-state index in [0.29, 0.717) is 5.69 Å². The predicted molar refractivity (Wildman–Crippen MR) is 78.9 cm³/mol. The molecule has 0 aliphatic heterocycles. The Hall–Kier alpha value is -2.56. The molecular weight excluding hydrogens is 252 g/mol. The summed E-state index contributed by atoms with van der Waals surface area (Å²) >= 11 is 0. The summed E-state index contributed by atoms with van der Waals surface area (Å²) in [5.41, 5.74) is 8.52. The molecule has 3 rings (SSSR count). The third-order valence-corrected chi connectivity index (χ3v) is 3.47. The van der Waals surface area contributed by atoms with Gasteiger partial charge in [0.05, 0.1) is 5.69 Å². The van der Waals surface area contributed by atoms with Gasteiger partial charge in [0.15, 0.2) is 5.75 Å². The molecule has 0 fully saturated rings. The Balaban J connectivity index is 2.14. The topological polar surface area (TPSA) is 66.0 Å². The zero-order chi connectivity index (χ0) is 14.3. The van der Waals surface area contributed by atoms with E-state index in [1.165, 1.54) is 0 Å². The van der Waals surface area contributed by atoms with Crippen molar-refractivity contribution < 1.29 is 4.74 Å². The van der Waals surface area contributed by atoms with Crippen molar-refractivity contribution >= 4 is 16.5 Å². The van der Waals surface area contributed by atoms with Gasteiger partial charge in [-0.05, 0) is 32.0 Å². The second-order valence-corrected chi connectivity index (χ2v) is 4.80. The van der Waals surface area contributed by atoms with Crippen molar-refractivity contribution in [3.8, 4) is 11.5 Å². The van der Waals surface area contributed by atoms with Crippen molar-refractivity contribution in [1.82, 2.24) is 14.8 Å². The van der Waals surface area contributed by atoms with Gasteiger partial charge in [-0.15, -0.1) is 0 Å². The Kier molecular flexibility index (Phi) is 2.82. The minimum absolute atomic E-state index is 0.695. The maximum atomic E-state index is 6.06. The summed E-state index contributed by atoms with van der Waals surface area (Å²) in [4.78, 5) is 4.11. The van der Waals surface area contributed by atoms with Crippen LogP contribution in [0.3, 0.4) is 0 Å². The number of pyridine rings is 1. The van der Waals surface area contributed by atoms with Gasteiger partial charge in [0.1, 0.15) is 11.4 Å². The smallest absolute Gasteiger partial charge is 0.171 e. The first-order valence-electron chi connectivity index (χ1n) is 6.38. The lowest BCUT2D eigenvalue weighted by Gasteiger charge is -2.10. The SMILES string of the molecule is Cc1nn(C)c(C)c1Oc1ccc(N)c2cnccc12. The van der Waals surface area contributed by atoms with E-state index in [1.54, 1.807) is 12.4 Å². The Bertz CT molecular complexity index is 792. The molecule has 5 nitrogen and oxygen atoms in total. The van der Waals surface area contributed by atoms with Crippen LogP contribution >= 0.6 is 0 Å². The van der Waals surface area contributed by atoms with Crippen molar-refractivity contribution in [3.05, 3.63) is 42.0 Å². The summed E-state index contributed by atoms with van der Waals surface area (Å²) in [6.45, 7) is 3.92. The summed E-state index contributed by atoms with van der Waals surface area (Å²) in [6, 6.07) is 5.62. The average Bonchev–Trinajstić information content (AvgIpc) is 2.68. The molecule has 0 radical (unpaired) electrons. The molecule has 0 bridgehead atoms. The molecule has 3 aromatic rings. The third kappa shape index (κ3) is 1.87. The molecule has 1 aromatic carbocycles. The van der Waals surface area contributed by atoms with Crippen molar-refractivity contribution in [2.45, 2.75) is 13.8 Å². The molecule has 2 aromatic heterocycles. The maximum absolute atomic E-state index is 6.06. The molecular formula is C15H16N4O. The van der Waals surface area contributed by atoms with Gasteiger partial charge in [0, 0.05) is 35.9 Å². The Morgan fingerprint density at radius 2 is 1.95 bits per heavy atom. The summed E-state index contributed by atoms with van der Waals surface area (Å²) < 4.78 is 7.87. The summed E-state index contributed by atoms with van der Waals surface area (Å²) in [6.07, 6.45) is 3.48. The van der Waals surface area contributed by atoms with Crippen molar-refractivity contribution in [2.24, 2.45) is 7.05 Å². The number of nitrogen functional groups attached to an aromatic ring is 1. The number of hydrogen-bond acceptors (Lipinski definition) is 4. The lowest BCUT2D eigenvalue weighted by Crippen LogP contribution is -1.94. The number of nitrogens with two attached hydrogens (primary N) is 1. The number of aryl methyl sites for hydroxylation is 2. The third-order valence-electron chi connectivity index (χ3n) is 3.47. The second-order valence-electron chi connectivity index (χ2n) is 4.80. The van der Waals surface area contributed by atoms with Gasteiger partial charge >= 0.3 is 0 Å². The number of anilines is 1. The molecule has 102 valence electrons. The Morgan fingerprint density at radius 3 is 2.65 bits per heavy atom. The molecule has 5 heteroatoms. The highest BCUT2D eigenvalue weighted by Gasteiger charge is 2.13. The minimum atomic E-state index is 0.695. The lowest BCUT2D eigenvalue weighted by atomic mass is 10.1. The first-order valence-corrected chi connectivity index (χ1v) is 6.38. The first-order chi connectivity index (χ1) is 9.58. The van der Waals surface area contributed by atoms with Crippen LogP contribution in [0, 0.1) is 13.8 Å². The van der Waals surface area contributed by atoms with Gasteiger partial charge in [0.2, 0.25) is 0 Å².